The van der Waals surface area contributed by atoms with Crippen LogP contribution in [0, 0.1) is 39.0 Å². The van der Waals surface area contributed by atoms with Gasteiger partial charge in [0.1, 0.15) is 17.7 Å². The Morgan fingerprint density at radius 3 is 2.66 bits per heavy atom. The Morgan fingerprint density at radius 1 is 1.22 bits per heavy atom. The van der Waals surface area contributed by atoms with Crippen LogP contribution in [0.3, 0.4) is 0 Å². The smallest absolute Gasteiger partial charge is 0.235 e. The van der Waals surface area contributed by atoms with Gasteiger partial charge in [0.2, 0.25) is 5.91 Å². The molecule has 0 saturated heterocycles. The van der Waals surface area contributed by atoms with Crippen LogP contribution in [-0.4, -0.2) is 31.0 Å². The van der Waals surface area contributed by atoms with E-state index in [9.17, 15) is 10.1 Å². The summed E-state index contributed by atoms with van der Waals surface area (Å²) in [6.45, 7) is 7.93. The molecule has 1 saturated carbocycles. The van der Waals surface area contributed by atoms with Gasteiger partial charge in [-0.25, -0.2) is 0 Å². The molecule has 1 amide bonds. The number of nitrogens with one attached hydrogen (secondary N) is 1. The quantitative estimate of drug-likeness (QED) is 0.535. The zero-order valence-electron chi connectivity index (χ0n) is 19.0. The third-order valence-corrected chi connectivity index (χ3v) is 7.13. The lowest BCUT2D eigenvalue weighted by atomic mass is 10.2. The minimum atomic E-state index is -0.153. The Bertz CT molecular complexity index is 1200. The number of anilines is 1. The summed E-state index contributed by atoms with van der Waals surface area (Å²) in [5, 5.41) is 21.9. The fraction of sp³-hybridized carbons (Fsp3) is 0.417. The van der Waals surface area contributed by atoms with E-state index in [2.05, 4.69) is 32.2 Å². The Morgan fingerprint density at radius 2 is 1.97 bits per heavy atom. The summed E-state index contributed by atoms with van der Waals surface area (Å²) in [4.78, 5) is 12.9. The molecule has 4 rings (SSSR count). The van der Waals surface area contributed by atoms with Gasteiger partial charge < -0.3 is 9.88 Å². The summed E-state index contributed by atoms with van der Waals surface area (Å²) in [6.07, 6.45) is 4.52. The highest BCUT2D eigenvalue weighted by molar-refractivity contribution is 7.99. The molecule has 2 heterocycles. The van der Waals surface area contributed by atoms with Crippen molar-refractivity contribution in [3.05, 3.63) is 52.5 Å². The van der Waals surface area contributed by atoms with E-state index in [0.717, 1.165) is 41.2 Å². The van der Waals surface area contributed by atoms with Crippen molar-refractivity contribution in [3.8, 4) is 11.8 Å². The Labute approximate surface area is 192 Å². The second-order valence-corrected chi connectivity index (χ2v) is 9.34. The largest absolute Gasteiger partial charge is 0.327 e. The zero-order chi connectivity index (χ0) is 22.8. The van der Waals surface area contributed by atoms with Crippen molar-refractivity contribution in [1.82, 2.24) is 19.3 Å². The van der Waals surface area contributed by atoms with E-state index in [1.807, 2.05) is 50.5 Å². The first-order valence-electron chi connectivity index (χ1n) is 10.9. The minimum absolute atomic E-state index is 0.153. The highest BCUT2D eigenvalue weighted by Crippen LogP contribution is 2.37. The predicted molar refractivity (Wildman–Crippen MR) is 126 cm³/mol. The lowest BCUT2D eigenvalue weighted by Gasteiger charge is -2.19. The van der Waals surface area contributed by atoms with Gasteiger partial charge in [0.05, 0.1) is 11.3 Å². The topological polar surface area (TPSA) is 88.5 Å². The summed E-state index contributed by atoms with van der Waals surface area (Å²) in [5.74, 6) is 1.44. The number of carbonyl (C=O) groups excluding carboxylic acids is 1. The number of nitriles is 1. The highest BCUT2D eigenvalue weighted by atomic mass is 32.2. The predicted octanol–water partition coefficient (Wildman–Crippen LogP) is 5.02. The molecule has 0 bridgehead atoms. The van der Waals surface area contributed by atoms with Gasteiger partial charge in [-0.05, 0) is 63.8 Å². The summed E-state index contributed by atoms with van der Waals surface area (Å²) in [7, 11) is 0. The monoisotopic (exact) mass is 448 g/mol. The van der Waals surface area contributed by atoms with Gasteiger partial charge in [0, 0.05) is 17.4 Å². The third kappa shape index (κ3) is 4.17. The number of hydrogen-bond acceptors (Lipinski definition) is 5. The number of benzene rings is 1. The average Bonchev–Trinajstić information content (AvgIpc) is 3.47. The number of thioether (sulfide) groups is 1. The molecule has 2 aromatic heterocycles. The van der Waals surface area contributed by atoms with E-state index in [0.29, 0.717) is 22.6 Å². The van der Waals surface area contributed by atoms with Crippen molar-refractivity contribution < 1.29 is 4.79 Å². The maximum Gasteiger partial charge on any atom is 0.235 e. The summed E-state index contributed by atoms with van der Waals surface area (Å²) < 4.78 is 4.13. The molecular formula is C24H28N6OS. The summed E-state index contributed by atoms with van der Waals surface area (Å²) in [5.41, 5.74) is 4.69. The maximum absolute atomic E-state index is 12.9. The SMILES string of the molecule is Cc1cccc(-n2c(C)nnc2SCC(=O)Nc2c(C#N)c(C)c(C)n2C2CCCC2)c1. The van der Waals surface area contributed by atoms with E-state index >= 15 is 0 Å². The van der Waals surface area contributed by atoms with Crippen molar-refractivity contribution in [2.45, 2.75) is 64.6 Å². The number of nitrogens with zero attached hydrogens (tertiary/aromatic N) is 5. The van der Waals surface area contributed by atoms with Crippen LogP contribution in [0.4, 0.5) is 5.82 Å². The van der Waals surface area contributed by atoms with Crippen molar-refractivity contribution in [1.29, 1.82) is 5.26 Å². The van der Waals surface area contributed by atoms with Gasteiger partial charge in [-0.1, -0.05) is 36.7 Å². The fourth-order valence-electron chi connectivity index (χ4n) is 4.50. The number of carbonyl (C=O) groups is 1. The molecule has 0 atom stereocenters. The molecule has 1 aliphatic rings. The Balaban J connectivity index is 1.54. The molecule has 0 spiro atoms. The molecule has 1 aliphatic carbocycles. The third-order valence-electron chi connectivity index (χ3n) is 6.20. The van der Waals surface area contributed by atoms with E-state index < -0.39 is 0 Å². The minimum Gasteiger partial charge on any atom is -0.327 e. The molecule has 3 aromatic rings. The van der Waals surface area contributed by atoms with E-state index in [-0.39, 0.29) is 11.7 Å². The zero-order valence-corrected chi connectivity index (χ0v) is 19.8. The van der Waals surface area contributed by atoms with E-state index in [4.69, 9.17) is 0 Å². The summed E-state index contributed by atoms with van der Waals surface area (Å²) in [6, 6.07) is 10.8. The van der Waals surface area contributed by atoms with Crippen LogP contribution in [0.2, 0.25) is 0 Å². The standard InChI is InChI=1S/C24H28N6OS/c1-15-8-7-11-20(12-15)30-18(4)27-28-24(30)32-14-22(31)26-23-21(13-25)16(2)17(3)29(23)19-9-5-6-10-19/h7-8,11-12,19H,5-6,9-10,14H2,1-4H3,(H,26,31). The van der Waals surface area contributed by atoms with Crippen LogP contribution in [0.1, 0.15) is 59.9 Å². The van der Waals surface area contributed by atoms with E-state index in [1.54, 1.807) is 0 Å². The summed E-state index contributed by atoms with van der Waals surface area (Å²) >= 11 is 1.34. The molecular weight excluding hydrogens is 420 g/mol. The molecule has 32 heavy (non-hydrogen) atoms. The van der Waals surface area contributed by atoms with Crippen molar-refractivity contribution in [2.24, 2.45) is 0 Å². The lowest BCUT2D eigenvalue weighted by molar-refractivity contribution is -0.113. The van der Waals surface area contributed by atoms with Gasteiger partial charge in [-0.2, -0.15) is 5.26 Å². The van der Waals surface area contributed by atoms with Crippen molar-refractivity contribution >= 4 is 23.5 Å². The van der Waals surface area contributed by atoms with Crippen LogP contribution in [0.5, 0.6) is 0 Å². The second kappa shape index (κ2) is 9.21. The number of amides is 1. The van der Waals surface area contributed by atoms with E-state index in [1.165, 1.54) is 24.6 Å². The number of rotatable bonds is 6. The first-order chi connectivity index (χ1) is 15.4. The normalized spacial score (nSPS) is 14.0. The molecule has 1 aromatic carbocycles. The van der Waals surface area contributed by atoms with Gasteiger partial charge in [0.15, 0.2) is 5.16 Å². The van der Waals surface area contributed by atoms with Crippen molar-refractivity contribution in [2.75, 3.05) is 11.1 Å². The number of aromatic nitrogens is 4. The average molecular weight is 449 g/mol. The van der Waals surface area contributed by atoms with Crippen LogP contribution in [-0.2, 0) is 4.79 Å². The van der Waals surface area contributed by atoms with Crippen LogP contribution < -0.4 is 5.32 Å². The van der Waals surface area contributed by atoms with Crippen molar-refractivity contribution in [3.63, 3.8) is 0 Å². The molecule has 0 unspecified atom stereocenters. The van der Waals surface area contributed by atoms with Gasteiger partial charge in [-0.15, -0.1) is 10.2 Å². The highest BCUT2D eigenvalue weighted by Gasteiger charge is 2.27. The molecule has 7 nitrogen and oxygen atoms in total. The number of aryl methyl sites for hydroxylation is 2. The molecule has 166 valence electrons. The molecule has 8 heteroatoms. The first-order valence-corrected chi connectivity index (χ1v) is 11.9. The molecule has 0 aliphatic heterocycles. The first kappa shape index (κ1) is 22.2. The maximum atomic E-state index is 12.9. The molecule has 1 fully saturated rings. The lowest BCUT2D eigenvalue weighted by Crippen LogP contribution is -2.20. The number of hydrogen-bond donors (Lipinski definition) is 1. The van der Waals surface area contributed by atoms with Crippen LogP contribution >= 0.6 is 11.8 Å². The Hall–Kier alpha value is -3.05. The van der Waals surface area contributed by atoms with Gasteiger partial charge in [-0.3, -0.25) is 9.36 Å². The van der Waals surface area contributed by atoms with Gasteiger partial charge >= 0.3 is 0 Å². The second-order valence-electron chi connectivity index (χ2n) is 8.40. The Kier molecular flexibility index (Phi) is 6.38. The van der Waals surface area contributed by atoms with Gasteiger partial charge in [0.25, 0.3) is 0 Å². The molecule has 1 N–H and O–H groups in total. The fourth-order valence-corrected chi connectivity index (χ4v) is 5.30. The molecule has 0 radical (unpaired) electrons. The van der Waals surface area contributed by atoms with Crippen LogP contribution in [0.15, 0.2) is 29.4 Å². The van der Waals surface area contributed by atoms with Crippen LogP contribution in [0.25, 0.3) is 5.69 Å².